The molecule has 1 heterocycles. The minimum atomic E-state index is -0.200. The van der Waals surface area contributed by atoms with Crippen molar-refractivity contribution in [3.63, 3.8) is 0 Å². The summed E-state index contributed by atoms with van der Waals surface area (Å²) in [6.45, 7) is 3.35. The van der Waals surface area contributed by atoms with Gasteiger partial charge in [-0.1, -0.05) is 17.3 Å². The molecule has 100 valence electrons. The van der Waals surface area contributed by atoms with Crippen LogP contribution in [0, 0.1) is 6.92 Å². The summed E-state index contributed by atoms with van der Waals surface area (Å²) in [5.74, 6) is 0.00792. The highest BCUT2D eigenvalue weighted by atomic mass is 79.9. The fourth-order valence-electron chi connectivity index (χ4n) is 2.02. The number of aryl methyl sites for hydroxylation is 1. The lowest BCUT2D eigenvalue weighted by Crippen LogP contribution is -2.14. The molecule has 19 heavy (non-hydrogen) atoms. The monoisotopic (exact) mass is 323 g/mol. The molecule has 0 aliphatic carbocycles. The Balaban J connectivity index is 2.09. The van der Waals surface area contributed by atoms with Gasteiger partial charge in [-0.05, 0) is 41.4 Å². The van der Waals surface area contributed by atoms with E-state index in [2.05, 4.69) is 21.1 Å². The number of hydrogen-bond donors (Lipinski definition) is 0. The molecule has 0 radical (unpaired) electrons. The van der Waals surface area contributed by atoms with Crippen molar-refractivity contribution in [3.8, 4) is 0 Å². The lowest BCUT2D eigenvalue weighted by atomic mass is 9.97. The van der Waals surface area contributed by atoms with Gasteiger partial charge >= 0.3 is 0 Å². The first-order chi connectivity index (χ1) is 8.97. The number of Topliss-reactive ketones (excluding diaryl/α,β-unsaturated/α-hetero) is 2. The largest absolute Gasteiger partial charge is 0.391 e. The molecule has 0 aromatic heterocycles. The van der Waals surface area contributed by atoms with Crippen LogP contribution in [-0.4, -0.2) is 22.3 Å². The zero-order valence-electron chi connectivity index (χ0n) is 10.8. The number of nitrogens with zero attached hydrogens (tertiary/aromatic N) is 1. The Morgan fingerprint density at radius 3 is 2.74 bits per heavy atom. The van der Waals surface area contributed by atoms with Gasteiger partial charge in [0.05, 0.1) is 6.42 Å². The van der Waals surface area contributed by atoms with Gasteiger partial charge in [0.1, 0.15) is 10.7 Å². The van der Waals surface area contributed by atoms with E-state index in [1.807, 2.05) is 6.92 Å². The van der Waals surface area contributed by atoms with Gasteiger partial charge in [-0.15, -0.1) is 0 Å². The van der Waals surface area contributed by atoms with E-state index < -0.39 is 0 Å². The van der Waals surface area contributed by atoms with Crippen molar-refractivity contribution in [2.45, 2.75) is 32.8 Å². The fourth-order valence-corrected chi connectivity index (χ4v) is 2.46. The number of rotatable bonds is 4. The number of hydrogen-bond acceptors (Lipinski definition) is 4. The molecular weight excluding hydrogens is 310 g/mol. The van der Waals surface area contributed by atoms with Gasteiger partial charge in [-0.3, -0.25) is 9.59 Å². The minimum absolute atomic E-state index is 0.00134. The van der Waals surface area contributed by atoms with Crippen molar-refractivity contribution >= 4 is 32.1 Å². The van der Waals surface area contributed by atoms with Gasteiger partial charge in [-0.25, -0.2) is 0 Å². The maximum atomic E-state index is 12.2. The molecule has 5 heteroatoms. The maximum Gasteiger partial charge on any atom is 0.166 e. The number of benzene rings is 1. The van der Waals surface area contributed by atoms with E-state index in [0.29, 0.717) is 24.0 Å². The summed E-state index contributed by atoms with van der Waals surface area (Å²) in [7, 11) is 0. The number of halogens is 1. The fraction of sp³-hybridized carbons (Fsp3) is 0.357. The van der Waals surface area contributed by atoms with Crippen molar-refractivity contribution in [2.24, 2.45) is 5.16 Å². The Morgan fingerprint density at radius 2 is 2.21 bits per heavy atom. The van der Waals surface area contributed by atoms with E-state index in [1.165, 1.54) is 6.92 Å². The number of oxime groups is 1. The van der Waals surface area contributed by atoms with Gasteiger partial charge in [0.25, 0.3) is 0 Å². The van der Waals surface area contributed by atoms with Gasteiger partial charge < -0.3 is 4.84 Å². The molecule has 1 aromatic rings. The molecule has 0 spiro atoms. The minimum Gasteiger partial charge on any atom is -0.391 e. The summed E-state index contributed by atoms with van der Waals surface area (Å²) in [5, 5.41) is 3.76. The van der Waals surface area contributed by atoms with Crippen LogP contribution < -0.4 is 0 Å². The highest BCUT2D eigenvalue weighted by Crippen LogP contribution is 2.21. The summed E-state index contributed by atoms with van der Waals surface area (Å²) in [4.78, 5) is 28.6. The van der Waals surface area contributed by atoms with Gasteiger partial charge in [-0.2, -0.15) is 0 Å². The Kier molecular flexibility index (Phi) is 4.14. The summed E-state index contributed by atoms with van der Waals surface area (Å²) in [6.07, 6.45) is 0.712. The number of carbonyl (C=O) groups is 2. The lowest BCUT2D eigenvalue weighted by Gasteiger charge is -2.09. The molecule has 1 aliphatic rings. The second-order valence-electron chi connectivity index (χ2n) is 4.61. The third kappa shape index (κ3) is 3.29. The van der Waals surface area contributed by atoms with Gasteiger partial charge in [0.2, 0.25) is 0 Å². The SMILES string of the molecule is CC(=O)c1ccc(C(=O)CC2CC(Br)=NO2)c(C)c1. The van der Waals surface area contributed by atoms with E-state index in [1.54, 1.807) is 18.2 Å². The zero-order valence-corrected chi connectivity index (χ0v) is 12.4. The number of carbonyl (C=O) groups excluding carboxylic acids is 2. The van der Waals surface area contributed by atoms with Crippen LogP contribution in [0.25, 0.3) is 0 Å². The Labute approximate surface area is 119 Å². The second kappa shape index (κ2) is 5.65. The van der Waals surface area contributed by atoms with E-state index in [0.717, 1.165) is 10.2 Å². The predicted octanol–water partition coefficient (Wildman–Crippen LogP) is 3.27. The van der Waals surface area contributed by atoms with Crippen LogP contribution in [0.5, 0.6) is 0 Å². The molecule has 0 N–H and O–H groups in total. The Hall–Kier alpha value is -1.49. The third-order valence-corrected chi connectivity index (χ3v) is 3.51. The van der Waals surface area contributed by atoms with Crippen LogP contribution in [0.3, 0.4) is 0 Å². The van der Waals surface area contributed by atoms with Crippen LogP contribution >= 0.6 is 15.9 Å². The number of ketones is 2. The van der Waals surface area contributed by atoms with Crippen molar-refractivity contribution in [3.05, 3.63) is 34.9 Å². The highest BCUT2D eigenvalue weighted by Gasteiger charge is 2.23. The normalized spacial score (nSPS) is 17.8. The van der Waals surface area contributed by atoms with Crippen LogP contribution in [0.2, 0.25) is 0 Å². The Bertz CT molecular complexity index is 566. The van der Waals surface area contributed by atoms with Crippen molar-refractivity contribution in [1.82, 2.24) is 0 Å². The van der Waals surface area contributed by atoms with Crippen molar-refractivity contribution in [1.29, 1.82) is 0 Å². The summed E-state index contributed by atoms with van der Waals surface area (Å²) < 4.78 is 0.731. The van der Waals surface area contributed by atoms with Crippen molar-refractivity contribution < 1.29 is 14.4 Å². The Morgan fingerprint density at radius 1 is 1.47 bits per heavy atom. The molecule has 2 rings (SSSR count). The molecule has 4 nitrogen and oxygen atoms in total. The first kappa shape index (κ1) is 13.9. The summed E-state index contributed by atoms with van der Waals surface area (Å²) in [5.41, 5.74) is 2.07. The standard InChI is InChI=1S/C14H14BrNO3/c1-8-5-10(9(2)17)3-4-12(8)13(18)6-11-7-14(15)16-19-11/h3-5,11H,6-7H2,1-2H3. The topological polar surface area (TPSA) is 55.7 Å². The molecule has 0 amide bonds. The van der Waals surface area contributed by atoms with Crippen LogP contribution in [0.4, 0.5) is 0 Å². The molecule has 0 fully saturated rings. The van der Waals surface area contributed by atoms with Crippen molar-refractivity contribution in [2.75, 3.05) is 0 Å². The van der Waals surface area contributed by atoms with E-state index in [9.17, 15) is 9.59 Å². The first-order valence-electron chi connectivity index (χ1n) is 6.00. The first-order valence-corrected chi connectivity index (χ1v) is 6.79. The summed E-state index contributed by atoms with van der Waals surface area (Å²) >= 11 is 3.24. The van der Waals surface area contributed by atoms with Crippen LogP contribution in [0.1, 0.15) is 46.0 Å². The van der Waals surface area contributed by atoms with Crippen LogP contribution in [0.15, 0.2) is 23.4 Å². The lowest BCUT2D eigenvalue weighted by molar-refractivity contribution is 0.0659. The van der Waals surface area contributed by atoms with Gasteiger partial charge in [0.15, 0.2) is 11.6 Å². The quantitative estimate of drug-likeness (QED) is 0.799. The van der Waals surface area contributed by atoms with E-state index in [-0.39, 0.29) is 17.7 Å². The smallest absolute Gasteiger partial charge is 0.166 e. The molecule has 1 aliphatic heterocycles. The molecule has 0 saturated carbocycles. The van der Waals surface area contributed by atoms with Crippen LogP contribution in [-0.2, 0) is 4.84 Å². The molecular formula is C14H14BrNO3. The summed E-state index contributed by atoms with van der Waals surface area (Å²) in [6, 6.07) is 5.14. The molecule has 0 saturated heterocycles. The average Bonchev–Trinajstić information content (AvgIpc) is 2.74. The predicted molar refractivity (Wildman–Crippen MR) is 76.0 cm³/mol. The third-order valence-electron chi connectivity index (χ3n) is 3.04. The van der Waals surface area contributed by atoms with E-state index in [4.69, 9.17) is 4.84 Å². The molecule has 1 unspecified atom stereocenters. The highest BCUT2D eigenvalue weighted by molar-refractivity contribution is 9.18. The zero-order chi connectivity index (χ0) is 14.0. The maximum absolute atomic E-state index is 12.2. The van der Waals surface area contributed by atoms with Gasteiger partial charge in [0, 0.05) is 17.5 Å². The molecule has 1 atom stereocenters. The van der Waals surface area contributed by atoms with E-state index >= 15 is 0 Å². The molecule has 0 bridgehead atoms. The second-order valence-corrected chi connectivity index (χ2v) is 5.53. The average molecular weight is 324 g/mol. The molecule has 1 aromatic carbocycles.